The van der Waals surface area contributed by atoms with Gasteiger partial charge in [-0.25, -0.2) is 0 Å². The molecule has 1 amide bonds. The van der Waals surface area contributed by atoms with E-state index in [1.807, 2.05) is 43.5 Å². The predicted molar refractivity (Wildman–Crippen MR) is 126 cm³/mol. The van der Waals surface area contributed by atoms with Gasteiger partial charge in [-0.05, 0) is 45.0 Å². The third kappa shape index (κ3) is 4.80. The number of nitrogens with zero attached hydrogens (tertiary/aromatic N) is 2. The summed E-state index contributed by atoms with van der Waals surface area (Å²) in [5.41, 5.74) is 1.23. The fourth-order valence-electron chi connectivity index (χ4n) is 3.31. The Balaban J connectivity index is 2.16. The molecule has 0 N–H and O–H groups in total. The van der Waals surface area contributed by atoms with E-state index in [0.717, 1.165) is 10.2 Å². The summed E-state index contributed by atoms with van der Waals surface area (Å²) in [6.07, 6.45) is 1.76. The zero-order valence-corrected chi connectivity index (χ0v) is 19.7. The van der Waals surface area contributed by atoms with Crippen LogP contribution in [0.25, 0.3) is 10.2 Å². The van der Waals surface area contributed by atoms with Crippen molar-refractivity contribution in [1.82, 2.24) is 4.57 Å². The van der Waals surface area contributed by atoms with Crippen molar-refractivity contribution in [2.75, 3.05) is 26.9 Å². The maximum Gasteiger partial charge on any atom is 0.279 e. The lowest BCUT2D eigenvalue weighted by Gasteiger charge is -2.16. The maximum absolute atomic E-state index is 13.2. The summed E-state index contributed by atoms with van der Waals surface area (Å²) in [4.78, 5) is 18.2. The second-order valence-corrected chi connectivity index (χ2v) is 7.62. The van der Waals surface area contributed by atoms with Crippen LogP contribution in [-0.4, -0.2) is 37.4 Å². The molecular formula is C24H28N2O5S. The minimum Gasteiger partial charge on any atom is -0.495 e. The molecule has 3 aromatic rings. The minimum atomic E-state index is -0.404. The second kappa shape index (κ2) is 10.9. The first kappa shape index (κ1) is 23.4. The van der Waals surface area contributed by atoms with E-state index in [1.54, 1.807) is 25.3 Å². The number of ether oxygens (including phenoxy) is 4. The number of hydrogen-bond donors (Lipinski definition) is 0. The van der Waals surface area contributed by atoms with Crippen molar-refractivity contribution in [3.63, 3.8) is 0 Å². The van der Waals surface area contributed by atoms with Gasteiger partial charge in [0.2, 0.25) is 5.75 Å². The zero-order valence-electron chi connectivity index (χ0n) is 18.8. The van der Waals surface area contributed by atoms with Gasteiger partial charge >= 0.3 is 0 Å². The molecule has 170 valence electrons. The first-order chi connectivity index (χ1) is 15.6. The highest BCUT2D eigenvalue weighted by atomic mass is 32.1. The van der Waals surface area contributed by atoms with Crippen LogP contribution in [0.3, 0.4) is 0 Å². The number of thiazole rings is 1. The van der Waals surface area contributed by atoms with Crippen LogP contribution < -0.4 is 23.7 Å². The standard InChI is InChI=1S/C24H28N2O5S/c1-6-13-26-21-17(28-5)11-10-12-20(21)32-24(26)25-23(27)16-14-18(29-7-2)22(31-9-4)19(15-16)30-8-3/h6,10-12,14-15H,1,7-9,13H2,2-5H3. The molecule has 0 saturated heterocycles. The van der Waals surface area contributed by atoms with Crippen molar-refractivity contribution < 1.29 is 23.7 Å². The van der Waals surface area contributed by atoms with Crippen LogP contribution in [0.15, 0.2) is 48.0 Å². The van der Waals surface area contributed by atoms with Gasteiger partial charge in [-0.15, -0.1) is 6.58 Å². The molecule has 0 fully saturated rings. The summed E-state index contributed by atoms with van der Waals surface area (Å²) in [6.45, 7) is 11.3. The fraction of sp³-hybridized carbons (Fsp3) is 0.333. The third-order valence-electron chi connectivity index (χ3n) is 4.55. The Morgan fingerprint density at radius 3 is 2.28 bits per heavy atom. The highest BCUT2D eigenvalue weighted by molar-refractivity contribution is 7.16. The number of para-hydroxylation sites is 1. The Bertz CT molecular complexity index is 1150. The molecule has 0 aliphatic carbocycles. The summed E-state index contributed by atoms with van der Waals surface area (Å²) in [7, 11) is 1.62. The normalized spacial score (nSPS) is 11.4. The number of hydrogen-bond acceptors (Lipinski definition) is 6. The largest absolute Gasteiger partial charge is 0.495 e. The van der Waals surface area contributed by atoms with Gasteiger partial charge < -0.3 is 23.5 Å². The number of benzene rings is 2. The smallest absolute Gasteiger partial charge is 0.279 e. The Morgan fingerprint density at radius 2 is 1.72 bits per heavy atom. The molecule has 2 aromatic carbocycles. The molecule has 0 saturated carbocycles. The predicted octanol–water partition coefficient (Wildman–Crippen LogP) is 4.83. The number of rotatable bonds is 10. The number of aromatic nitrogens is 1. The van der Waals surface area contributed by atoms with Crippen molar-refractivity contribution in [2.24, 2.45) is 4.99 Å². The van der Waals surface area contributed by atoms with Crippen molar-refractivity contribution in [1.29, 1.82) is 0 Å². The third-order valence-corrected chi connectivity index (χ3v) is 5.59. The molecule has 3 rings (SSSR count). The lowest BCUT2D eigenvalue weighted by atomic mass is 10.1. The van der Waals surface area contributed by atoms with Crippen LogP contribution in [0.5, 0.6) is 23.0 Å². The van der Waals surface area contributed by atoms with Gasteiger partial charge in [-0.1, -0.05) is 23.5 Å². The van der Waals surface area contributed by atoms with E-state index in [9.17, 15) is 4.79 Å². The number of carbonyl (C=O) groups excluding carboxylic acids is 1. The van der Waals surface area contributed by atoms with E-state index in [2.05, 4.69) is 11.6 Å². The molecule has 32 heavy (non-hydrogen) atoms. The zero-order chi connectivity index (χ0) is 23.1. The molecule has 0 unspecified atom stereocenters. The molecule has 1 heterocycles. The first-order valence-electron chi connectivity index (χ1n) is 10.5. The molecule has 0 bridgehead atoms. The van der Waals surface area contributed by atoms with Crippen molar-refractivity contribution in [2.45, 2.75) is 27.3 Å². The van der Waals surface area contributed by atoms with Crippen molar-refractivity contribution in [3.05, 3.63) is 53.4 Å². The topological polar surface area (TPSA) is 71.3 Å². The average molecular weight is 457 g/mol. The highest BCUT2D eigenvalue weighted by Crippen LogP contribution is 2.39. The summed E-state index contributed by atoms with van der Waals surface area (Å²) in [5.74, 6) is 1.71. The molecule has 0 radical (unpaired) electrons. The summed E-state index contributed by atoms with van der Waals surface area (Å²) >= 11 is 1.42. The minimum absolute atomic E-state index is 0.356. The maximum atomic E-state index is 13.2. The van der Waals surface area contributed by atoms with E-state index in [-0.39, 0.29) is 0 Å². The van der Waals surface area contributed by atoms with Crippen LogP contribution in [-0.2, 0) is 6.54 Å². The molecule has 7 nitrogen and oxygen atoms in total. The number of amides is 1. The van der Waals surface area contributed by atoms with Crippen LogP contribution in [0.1, 0.15) is 31.1 Å². The van der Waals surface area contributed by atoms with E-state index >= 15 is 0 Å². The number of fused-ring (bicyclic) bond motifs is 1. The fourth-order valence-corrected chi connectivity index (χ4v) is 4.36. The van der Waals surface area contributed by atoms with Gasteiger partial charge in [-0.2, -0.15) is 4.99 Å². The Labute approximate surface area is 191 Å². The summed E-state index contributed by atoms with van der Waals surface area (Å²) in [6, 6.07) is 9.07. The molecule has 0 aliphatic heterocycles. The lowest BCUT2D eigenvalue weighted by Crippen LogP contribution is -2.16. The quantitative estimate of drug-likeness (QED) is 0.409. The van der Waals surface area contributed by atoms with Crippen LogP contribution in [0.4, 0.5) is 0 Å². The van der Waals surface area contributed by atoms with Crippen LogP contribution in [0.2, 0.25) is 0 Å². The van der Waals surface area contributed by atoms with E-state index in [0.29, 0.717) is 59.7 Å². The monoisotopic (exact) mass is 456 g/mol. The van der Waals surface area contributed by atoms with Crippen LogP contribution in [0, 0.1) is 0 Å². The van der Waals surface area contributed by atoms with E-state index < -0.39 is 5.91 Å². The lowest BCUT2D eigenvalue weighted by molar-refractivity contribution is 0.0996. The van der Waals surface area contributed by atoms with E-state index in [1.165, 1.54) is 11.3 Å². The van der Waals surface area contributed by atoms with Gasteiger partial charge in [0, 0.05) is 12.1 Å². The number of allylic oxidation sites excluding steroid dienone is 1. The molecule has 1 aromatic heterocycles. The molecule has 0 atom stereocenters. The Hall–Kier alpha value is -3.26. The first-order valence-corrected chi connectivity index (χ1v) is 11.3. The second-order valence-electron chi connectivity index (χ2n) is 6.61. The SMILES string of the molecule is C=CCn1c(=NC(=O)c2cc(OCC)c(OCC)c(OCC)c2)sc2cccc(OC)c21. The molecule has 0 spiro atoms. The van der Waals surface area contributed by atoms with Gasteiger partial charge in [0.15, 0.2) is 16.3 Å². The number of methoxy groups -OCH3 is 1. The van der Waals surface area contributed by atoms with E-state index in [4.69, 9.17) is 18.9 Å². The summed E-state index contributed by atoms with van der Waals surface area (Å²) < 4.78 is 25.6. The Kier molecular flexibility index (Phi) is 7.94. The molecular weight excluding hydrogens is 428 g/mol. The van der Waals surface area contributed by atoms with Crippen molar-refractivity contribution in [3.8, 4) is 23.0 Å². The average Bonchev–Trinajstić information content (AvgIpc) is 3.13. The highest BCUT2D eigenvalue weighted by Gasteiger charge is 2.19. The van der Waals surface area contributed by atoms with Crippen molar-refractivity contribution >= 4 is 27.5 Å². The summed E-state index contributed by atoms with van der Waals surface area (Å²) in [5, 5.41) is 0. The number of carbonyl (C=O) groups is 1. The molecule has 0 aliphatic rings. The van der Waals surface area contributed by atoms with Gasteiger partial charge in [0.1, 0.15) is 11.3 Å². The molecule has 8 heteroatoms. The van der Waals surface area contributed by atoms with Gasteiger partial charge in [0.25, 0.3) is 5.91 Å². The van der Waals surface area contributed by atoms with Gasteiger partial charge in [-0.3, -0.25) is 4.79 Å². The Morgan fingerprint density at radius 1 is 1.06 bits per heavy atom. The van der Waals surface area contributed by atoms with Crippen LogP contribution >= 0.6 is 11.3 Å². The van der Waals surface area contributed by atoms with Gasteiger partial charge in [0.05, 0.1) is 31.6 Å².